The Bertz CT molecular complexity index is 632. The third kappa shape index (κ3) is 4.27. The molecule has 1 aliphatic rings. The van der Waals surface area contributed by atoms with Gasteiger partial charge in [-0.25, -0.2) is 0 Å². The zero-order chi connectivity index (χ0) is 17.0. The lowest BCUT2D eigenvalue weighted by Gasteiger charge is -2.45. The molecule has 1 aromatic heterocycles. The highest BCUT2D eigenvalue weighted by Crippen LogP contribution is 2.43. The fraction of sp³-hybridized carbons (Fsp3) is 0.524. The van der Waals surface area contributed by atoms with Crippen molar-refractivity contribution in [1.29, 1.82) is 0 Å². The predicted octanol–water partition coefficient (Wildman–Crippen LogP) is 5.06. The molecule has 1 aliphatic heterocycles. The van der Waals surface area contributed by atoms with Crippen LogP contribution in [0.5, 0.6) is 0 Å². The summed E-state index contributed by atoms with van der Waals surface area (Å²) >= 11 is 1.82. The first-order valence-electron chi connectivity index (χ1n) is 8.93. The van der Waals surface area contributed by atoms with E-state index < -0.39 is 0 Å². The van der Waals surface area contributed by atoms with Gasteiger partial charge >= 0.3 is 0 Å². The average Bonchev–Trinajstić information content (AvgIpc) is 3.05. The van der Waals surface area contributed by atoms with Crippen LogP contribution in [0.15, 0.2) is 41.8 Å². The van der Waals surface area contributed by atoms with Crippen molar-refractivity contribution in [2.24, 2.45) is 0 Å². The summed E-state index contributed by atoms with van der Waals surface area (Å²) in [6.07, 6.45) is 3.36. The van der Waals surface area contributed by atoms with Crippen LogP contribution in [0.25, 0.3) is 0 Å². The molecule has 2 aromatic rings. The van der Waals surface area contributed by atoms with Crippen LogP contribution < -0.4 is 5.32 Å². The Hall–Kier alpha value is -1.16. The Kier molecular flexibility index (Phi) is 5.43. The second-order valence-electron chi connectivity index (χ2n) is 7.69. The van der Waals surface area contributed by atoms with Crippen LogP contribution in [0.1, 0.15) is 49.1 Å². The van der Waals surface area contributed by atoms with E-state index in [0.29, 0.717) is 0 Å². The van der Waals surface area contributed by atoms with Crippen LogP contribution in [-0.2, 0) is 16.7 Å². The molecule has 1 saturated heterocycles. The molecule has 1 N–H and O–H groups in total. The van der Waals surface area contributed by atoms with Crippen molar-refractivity contribution in [3.05, 3.63) is 57.8 Å². The standard InChI is InChI=1S/C21H29NOS/c1-17-6-8-18(9-7-17)21(11-13-23-20(2,3)16-21)10-12-22-15-19-5-4-14-24-19/h4-9,14,22H,10-13,15-16H2,1-3H3. The van der Waals surface area contributed by atoms with Gasteiger partial charge in [-0.1, -0.05) is 35.9 Å². The predicted molar refractivity (Wildman–Crippen MR) is 103 cm³/mol. The molecule has 1 atom stereocenters. The number of hydrogen-bond donors (Lipinski definition) is 1. The molecule has 0 saturated carbocycles. The van der Waals surface area contributed by atoms with Crippen molar-refractivity contribution >= 4 is 11.3 Å². The maximum absolute atomic E-state index is 6.01. The third-order valence-corrected chi connectivity index (χ3v) is 6.04. The van der Waals surface area contributed by atoms with Gasteiger partial charge in [0.15, 0.2) is 0 Å². The van der Waals surface area contributed by atoms with Crippen molar-refractivity contribution in [3.63, 3.8) is 0 Å². The molecule has 2 nitrogen and oxygen atoms in total. The largest absolute Gasteiger partial charge is 0.376 e. The molecule has 0 amide bonds. The Balaban J connectivity index is 1.71. The molecule has 0 radical (unpaired) electrons. The van der Waals surface area contributed by atoms with E-state index in [1.807, 2.05) is 11.3 Å². The minimum absolute atomic E-state index is 0.0448. The van der Waals surface area contributed by atoms with Gasteiger partial charge in [-0.15, -0.1) is 11.3 Å². The highest BCUT2D eigenvalue weighted by molar-refractivity contribution is 7.09. The van der Waals surface area contributed by atoms with E-state index in [-0.39, 0.29) is 11.0 Å². The molecular weight excluding hydrogens is 314 g/mol. The summed E-state index contributed by atoms with van der Waals surface area (Å²) in [5.41, 5.74) is 2.98. The number of rotatable bonds is 6. The molecule has 0 aliphatic carbocycles. The van der Waals surface area contributed by atoms with Gasteiger partial charge in [0, 0.05) is 23.4 Å². The first-order chi connectivity index (χ1) is 11.5. The van der Waals surface area contributed by atoms with Crippen LogP contribution in [-0.4, -0.2) is 18.8 Å². The van der Waals surface area contributed by atoms with E-state index in [4.69, 9.17) is 4.74 Å². The molecular formula is C21H29NOS. The molecule has 1 unspecified atom stereocenters. The summed E-state index contributed by atoms with van der Waals surface area (Å²) in [6.45, 7) is 9.49. The molecule has 24 heavy (non-hydrogen) atoms. The average molecular weight is 344 g/mol. The van der Waals surface area contributed by atoms with Gasteiger partial charge in [0.2, 0.25) is 0 Å². The lowest BCUT2D eigenvalue weighted by atomic mass is 9.67. The third-order valence-electron chi connectivity index (χ3n) is 5.16. The van der Waals surface area contributed by atoms with Gasteiger partial charge < -0.3 is 10.1 Å². The molecule has 3 heteroatoms. The second-order valence-corrected chi connectivity index (χ2v) is 8.72. The number of benzene rings is 1. The van der Waals surface area contributed by atoms with E-state index in [1.165, 1.54) is 16.0 Å². The smallest absolute Gasteiger partial charge is 0.0635 e. The summed E-state index contributed by atoms with van der Waals surface area (Å²) in [5, 5.41) is 5.78. The van der Waals surface area contributed by atoms with Gasteiger partial charge in [-0.3, -0.25) is 0 Å². The molecule has 3 rings (SSSR count). The van der Waals surface area contributed by atoms with Crippen LogP contribution in [0, 0.1) is 6.92 Å². The second kappa shape index (κ2) is 7.38. The zero-order valence-corrected chi connectivity index (χ0v) is 15.9. The summed E-state index contributed by atoms with van der Waals surface area (Å²) in [7, 11) is 0. The van der Waals surface area contributed by atoms with Gasteiger partial charge in [0.1, 0.15) is 0 Å². The van der Waals surface area contributed by atoms with Gasteiger partial charge in [0.05, 0.1) is 5.60 Å². The maximum Gasteiger partial charge on any atom is 0.0635 e. The van der Waals surface area contributed by atoms with Gasteiger partial charge in [-0.2, -0.15) is 0 Å². The first kappa shape index (κ1) is 17.7. The van der Waals surface area contributed by atoms with Gasteiger partial charge in [0.25, 0.3) is 0 Å². The summed E-state index contributed by atoms with van der Waals surface area (Å²) in [4.78, 5) is 1.41. The number of hydrogen-bond acceptors (Lipinski definition) is 3. The first-order valence-corrected chi connectivity index (χ1v) is 9.81. The monoisotopic (exact) mass is 343 g/mol. The van der Waals surface area contributed by atoms with E-state index in [9.17, 15) is 0 Å². The van der Waals surface area contributed by atoms with E-state index >= 15 is 0 Å². The van der Waals surface area contributed by atoms with Crippen molar-refractivity contribution in [2.45, 2.75) is 57.6 Å². The summed E-state index contributed by atoms with van der Waals surface area (Å²) in [6, 6.07) is 13.5. The van der Waals surface area contributed by atoms with E-state index in [0.717, 1.165) is 39.0 Å². The quantitative estimate of drug-likeness (QED) is 0.740. The normalized spacial score (nSPS) is 23.3. The maximum atomic E-state index is 6.01. The fourth-order valence-corrected chi connectivity index (χ4v) is 4.62. The van der Waals surface area contributed by atoms with Crippen molar-refractivity contribution < 1.29 is 4.74 Å². The molecule has 1 fully saturated rings. The topological polar surface area (TPSA) is 21.3 Å². The molecule has 1 aromatic carbocycles. The number of ether oxygens (including phenoxy) is 1. The van der Waals surface area contributed by atoms with E-state index in [2.05, 4.69) is 67.9 Å². The number of thiophene rings is 1. The van der Waals surface area contributed by atoms with Crippen LogP contribution in [0.3, 0.4) is 0 Å². The Morgan fingerprint density at radius 1 is 1.17 bits per heavy atom. The Morgan fingerprint density at radius 2 is 1.96 bits per heavy atom. The van der Waals surface area contributed by atoms with Crippen LogP contribution >= 0.6 is 11.3 Å². The fourth-order valence-electron chi connectivity index (χ4n) is 3.94. The van der Waals surface area contributed by atoms with Crippen LogP contribution in [0.4, 0.5) is 0 Å². The number of nitrogens with one attached hydrogen (secondary N) is 1. The lowest BCUT2D eigenvalue weighted by molar-refractivity contribution is -0.0840. The van der Waals surface area contributed by atoms with Crippen molar-refractivity contribution in [3.8, 4) is 0 Å². The molecule has 130 valence electrons. The molecule has 0 spiro atoms. The summed E-state index contributed by atoms with van der Waals surface area (Å²) < 4.78 is 6.01. The highest BCUT2D eigenvalue weighted by Gasteiger charge is 2.41. The Labute approximate surface area is 150 Å². The zero-order valence-electron chi connectivity index (χ0n) is 15.1. The van der Waals surface area contributed by atoms with Gasteiger partial charge in [-0.05, 0) is 63.6 Å². The summed E-state index contributed by atoms with van der Waals surface area (Å²) in [5.74, 6) is 0. The molecule has 0 bridgehead atoms. The minimum Gasteiger partial charge on any atom is -0.376 e. The number of aryl methyl sites for hydroxylation is 1. The lowest BCUT2D eigenvalue weighted by Crippen LogP contribution is -2.45. The van der Waals surface area contributed by atoms with Crippen molar-refractivity contribution in [1.82, 2.24) is 5.32 Å². The van der Waals surface area contributed by atoms with E-state index in [1.54, 1.807) is 0 Å². The molecule has 2 heterocycles. The minimum atomic E-state index is -0.0448. The Morgan fingerprint density at radius 3 is 2.62 bits per heavy atom. The SMILES string of the molecule is Cc1ccc(C2(CCNCc3cccs3)CCOC(C)(C)C2)cc1. The van der Waals surface area contributed by atoms with Crippen LogP contribution in [0.2, 0.25) is 0 Å². The highest BCUT2D eigenvalue weighted by atomic mass is 32.1. The van der Waals surface area contributed by atoms with Crippen molar-refractivity contribution in [2.75, 3.05) is 13.2 Å².